The lowest BCUT2D eigenvalue weighted by atomic mass is 10.0. The molecular weight excluding hydrogens is 573 g/mol. The standard InChI is InChI=1S/C26H50N6O5S3/c1-17(27)25(2,3)39-40-26(4,5)22(28)23(34)30-11-13-37-15-14-36-12-10-29-20(33)9-7-6-8-19-21-18(16-38-19)31-24(35)32-21/h17-19,21-22H,6-16,27-28H2,1-5H3,(H,29,33)(H,30,34)(H2,31,32,35)/t17-,18-,19?,21-,22+/m1/s1. The summed E-state index contributed by atoms with van der Waals surface area (Å²) in [4.78, 5) is 36.0. The number of carbonyl (C=O) groups excluding carboxylic acids is 3. The molecule has 0 bridgehead atoms. The molecule has 2 rings (SSSR count). The third-order valence-electron chi connectivity index (χ3n) is 7.17. The van der Waals surface area contributed by atoms with Gasteiger partial charge in [0.05, 0.1) is 44.6 Å². The summed E-state index contributed by atoms with van der Waals surface area (Å²) in [5.41, 5.74) is 12.3. The summed E-state index contributed by atoms with van der Waals surface area (Å²) in [5, 5.41) is 12.1. The number of carbonyl (C=O) groups is 3. The first kappa shape index (κ1) is 35.3. The number of urea groups is 1. The van der Waals surface area contributed by atoms with Crippen molar-refractivity contribution in [2.24, 2.45) is 11.5 Å². The average molecular weight is 623 g/mol. The van der Waals surface area contributed by atoms with Crippen LogP contribution in [0, 0.1) is 0 Å². The van der Waals surface area contributed by atoms with Crippen molar-refractivity contribution in [3.8, 4) is 0 Å². The van der Waals surface area contributed by atoms with E-state index in [2.05, 4.69) is 35.1 Å². The van der Waals surface area contributed by atoms with Crippen molar-refractivity contribution in [1.29, 1.82) is 0 Å². The van der Waals surface area contributed by atoms with Crippen LogP contribution in [0.4, 0.5) is 4.79 Å². The Balaban J connectivity index is 1.40. The molecule has 0 aromatic heterocycles. The topological polar surface area (TPSA) is 170 Å². The number of nitrogens with two attached hydrogens (primary N) is 2. The number of ether oxygens (including phenoxy) is 2. The molecule has 2 fully saturated rings. The Labute approximate surface area is 251 Å². The van der Waals surface area contributed by atoms with Crippen molar-refractivity contribution < 1.29 is 23.9 Å². The van der Waals surface area contributed by atoms with Crippen LogP contribution in [-0.2, 0) is 19.1 Å². The van der Waals surface area contributed by atoms with E-state index in [1.54, 1.807) is 21.6 Å². The van der Waals surface area contributed by atoms with Gasteiger partial charge in [0.25, 0.3) is 0 Å². The lowest BCUT2D eigenvalue weighted by Crippen LogP contribution is -2.52. The number of hydrogen-bond donors (Lipinski definition) is 6. The van der Waals surface area contributed by atoms with E-state index in [-0.39, 0.29) is 40.7 Å². The fourth-order valence-electron chi connectivity index (χ4n) is 3.96. The van der Waals surface area contributed by atoms with E-state index in [1.807, 2.05) is 32.5 Å². The third-order valence-corrected chi connectivity index (χ3v) is 13.1. The van der Waals surface area contributed by atoms with Crippen molar-refractivity contribution in [2.45, 2.75) is 99.2 Å². The molecular formula is C26H50N6O5S3. The van der Waals surface area contributed by atoms with E-state index in [0.717, 1.165) is 25.0 Å². The summed E-state index contributed by atoms with van der Waals surface area (Å²) in [6.45, 7) is 12.5. The first-order chi connectivity index (χ1) is 18.8. The third kappa shape index (κ3) is 12.1. The molecule has 1 unspecified atom stereocenters. The van der Waals surface area contributed by atoms with Crippen molar-refractivity contribution >= 4 is 51.2 Å². The van der Waals surface area contributed by atoms with Gasteiger partial charge in [-0.05, 0) is 47.5 Å². The van der Waals surface area contributed by atoms with E-state index in [4.69, 9.17) is 20.9 Å². The van der Waals surface area contributed by atoms with E-state index in [9.17, 15) is 14.4 Å². The van der Waals surface area contributed by atoms with Crippen molar-refractivity contribution in [3.63, 3.8) is 0 Å². The second-order valence-corrected chi connectivity index (χ2v) is 16.1. The molecule has 11 nitrogen and oxygen atoms in total. The van der Waals surface area contributed by atoms with Crippen LogP contribution in [0.25, 0.3) is 0 Å². The zero-order valence-electron chi connectivity index (χ0n) is 24.6. The summed E-state index contributed by atoms with van der Waals surface area (Å²) >= 11 is 1.90. The molecule has 0 aromatic carbocycles. The molecule has 8 N–H and O–H groups in total. The predicted molar refractivity (Wildman–Crippen MR) is 167 cm³/mol. The summed E-state index contributed by atoms with van der Waals surface area (Å²) in [7, 11) is 3.24. The highest BCUT2D eigenvalue weighted by atomic mass is 33.1. The minimum absolute atomic E-state index is 0.0126. The molecule has 0 saturated carbocycles. The van der Waals surface area contributed by atoms with Gasteiger partial charge in [-0.15, -0.1) is 0 Å². The first-order valence-corrected chi connectivity index (χ1v) is 17.3. The molecule has 2 aliphatic rings. The maximum Gasteiger partial charge on any atom is 0.315 e. The smallest absolute Gasteiger partial charge is 0.315 e. The van der Waals surface area contributed by atoms with E-state index in [1.165, 1.54) is 0 Å². The summed E-state index contributed by atoms with van der Waals surface area (Å²) in [5.74, 6) is 0.772. The lowest BCUT2D eigenvalue weighted by Gasteiger charge is -2.34. The molecule has 2 aliphatic heterocycles. The number of amides is 4. The molecule has 2 saturated heterocycles. The highest BCUT2D eigenvalue weighted by molar-refractivity contribution is 8.77. The highest BCUT2D eigenvalue weighted by Gasteiger charge is 2.42. The number of fused-ring (bicyclic) bond motifs is 1. The number of thioether (sulfide) groups is 1. The number of rotatable bonds is 20. The van der Waals surface area contributed by atoms with Crippen LogP contribution in [-0.4, -0.2) is 102 Å². The zero-order valence-corrected chi connectivity index (χ0v) is 27.0. The first-order valence-electron chi connectivity index (χ1n) is 14.1. The van der Waals surface area contributed by atoms with Gasteiger partial charge < -0.3 is 42.2 Å². The monoisotopic (exact) mass is 622 g/mol. The number of hydrogen-bond acceptors (Lipinski definition) is 10. The van der Waals surface area contributed by atoms with Gasteiger partial charge in [-0.3, -0.25) is 9.59 Å². The van der Waals surface area contributed by atoms with Gasteiger partial charge in [0.2, 0.25) is 11.8 Å². The fraction of sp³-hybridized carbons (Fsp3) is 0.885. The van der Waals surface area contributed by atoms with Crippen LogP contribution >= 0.6 is 33.3 Å². The molecule has 5 atom stereocenters. The van der Waals surface area contributed by atoms with Crippen molar-refractivity contribution in [3.05, 3.63) is 0 Å². The molecule has 0 spiro atoms. The molecule has 2 heterocycles. The van der Waals surface area contributed by atoms with Crippen LogP contribution < -0.4 is 32.7 Å². The predicted octanol–water partition coefficient (Wildman–Crippen LogP) is 1.59. The van der Waals surface area contributed by atoms with Crippen LogP contribution in [0.1, 0.15) is 60.3 Å². The van der Waals surface area contributed by atoms with Gasteiger partial charge in [-0.2, -0.15) is 11.8 Å². The Morgan fingerprint density at radius 2 is 1.62 bits per heavy atom. The van der Waals surface area contributed by atoms with Gasteiger partial charge in [-0.25, -0.2) is 4.79 Å². The van der Waals surface area contributed by atoms with Crippen molar-refractivity contribution in [2.75, 3.05) is 45.3 Å². The SMILES string of the molecule is C[C@@H](N)C(C)(C)SSC(C)(C)[C@@H](N)C(=O)NCCOCCOCCNC(=O)CCCCC1SC[C@H]2NC(=O)N[C@@H]12. The van der Waals surface area contributed by atoms with Crippen LogP contribution in [0.5, 0.6) is 0 Å². The largest absolute Gasteiger partial charge is 0.377 e. The molecule has 0 aliphatic carbocycles. The molecule has 40 heavy (non-hydrogen) atoms. The van der Waals surface area contributed by atoms with Gasteiger partial charge in [0.15, 0.2) is 0 Å². The fourth-order valence-corrected chi connectivity index (χ4v) is 8.35. The molecule has 232 valence electrons. The average Bonchev–Trinajstić information content (AvgIpc) is 3.45. The Morgan fingerprint density at radius 3 is 2.27 bits per heavy atom. The van der Waals surface area contributed by atoms with Crippen LogP contribution in [0.3, 0.4) is 0 Å². The van der Waals surface area contributed by atoms with Gasteiger partial charge >= 0.3 is 6.03 Å². The molecule has 14 heteroatoms. The summed E-state index contributed by atoms with van der Waals surface area (Å²) in [6.07, 6.45) is 3.30. The van der Waals surface area contributed by atoms with Gasteiger partial charge in [0.1, 0.15) is 0 Å². The normalized spacial score (nSPS) is 22.3. The Morgan fingerprint density at radius 1 is 1.00 bits per heavy atom. The second-order valence-electron chi connectivity index (χ2n) is 11.4. The molecule has 4 amide bonds. The van der Waals surface area contributed by atoms with Gasteiger partial charge in [0, 0.05) is 46.0 Å². The van der Waals surface area contributed by atoms with E-state index in [0.29, 0.717) is 51.2 Å². The quantitative estimate of drug-likeness (QED) is 0.0666. The van der Waals surface area contributed by atoms with Crippen LogP contribution in [0.2, 0.25) is 0 Å². The minimum Gasteiger partial charge on any atom is -0.377 e. The number of unbranched alkanes of at least 4 members (excludes halogenated alkanes) is 1. The maximum atomic E-state index is 12.5. The molecule has 0 radical (unpaired) electrons. The van der Waals surface area contributed by atoms with E-state index < -0.39 is 10.8 Å². The maximum absolute atomic E-state index is 12.5. The van der Waals surface area contributed by atoms with E-state index >= 15 is 0 Å². The second kappa shape index (κ2) is 17.3. The lowest BCUT2D eigenvalue weighted by molar-refractivity contribution is -0.123. The summed E-state index contributed by atoms with van der Waals surface area (Å²) < 4.78 is 10.4. The van der Waals surface area contributed by atoms with Gasteiger partial charge in [-0.1, -0.05) is 28.0 Å². The minimum atomic E-state index is -0.666. The summed E-state index contributed by atoms with van der Waals surface area (Å²) in [6, 6.07) is -0.260. The van der Waals surface area contributed by atoms with Crippen molar-refractivity contribution in [1.82, 2.24) is 21.3 Å². The Bertz CT molecular complexity index is 820. The highest BCUT2D eigenvalue weighted by Crippen LogP contribution is 2.45. The number of nitrogens with one attached hydrogen (secondary N) is 4. The van der Waals surface area contributed by atoms with Crippen LogP contribution in [0.15, 0.2) is 0 Å². The Hall–Kier alpha value is -0.900. The zero-order chi connectivity index (χ0) is 29.8. The molecule has 0 aromatic rings. The Kier molecular flexibility index (Phi) is 15.2.